The fourth-order valence-electron chi connectivity index (χ4n) is 2.17. The normalized spacial score (nSPS) is 26.5. The van der Waals surface area contributed by atoms with Crippen LogP contribution in [0.5, 0.6) is 0 Å². The van der Waals surface area contributed by atoms with Gasteiger partial charge in [0.1, 0.15) is 0 Å². The highest BCUT2D eigenvalue weighted by molar-refractivity contribution is 5.08. The van der Waals surface area contributed by atoms with Crippen molar-refractivity contribution in [2.75, 3.05) is 20.2 Å². The minimum absolute atomic E-state index is 0.0490. The molecule has 2 rings (SSSR count). The smallest absolute Gasteiger partial charge is 0.0858 e. The first-order valence-corrected chi connectivity index (χ1v) is 5.50. The van der Waals surface area contributed by atoms with Gasteiger partial charge in [-0.1, -0.05) is 6.07 Å². The van der Waals surface area contributed by atoms with Crippen molar-refractivity contribution in [1.29, 1.82) is 0 Å². The van der Waals surface area contributed by atoms with Gasteiger partial charge in [-0.25, -0.2) is 0 Å². The van der Waals surface area contributed by atoms with Crippen molar-refractivity contribution >= 4 is 0 Å². The van der Waals surface area contributed by atoms with Gasteiger partial charge in [-0.3, -0.25) is 4.98 Å². The number of nitrogens with zero attached hydrogens (tertiary/aromatic N) is 1. The zero-order chi connectivity index (χ0) is 10.6. The van der Waals surface area contributed by atoms with Gasteiger partial charge in [0.25, 0.3) is 0 Å². The Morgan fingerprint density at radius 1 is 1.53 bits per heavy atom. The van der Waals surface area contributed by atoms with Crippen molar-refractivity contribution in [2.45, 2.75) is 24.9 Å². The Labute approximate surface area is 90.9 Å². The van der Waals surface area contributed by atoms with E-state index < -0.39 is 0 Å². The second kappa shape index (κ2) is 4.73. The van der Waals surface area contributed by atoms with Crippen LogP contribution >= 0.6 is 0 Å². The third-order valence-electron chi connectivity index (χ3n) is 3.10. The molecule has 0 saturated carbocycles. The highest BCUT2D eigenvalue weighted by Gasteiger charge is 2.32. The van der Waals surface area contributed by atoms with Gasteiger partial charge in [0, 0.05) is 32.0 Å². The molecule has 3 nitrogen and oxygen atoms in total. The summed E-state index contributed by atoms with van der Waals surface area (Å²) in [4.78, 5) is 4.36. The molecule has 1 aromatic heterocycles. The number of aromatic nitrogens is 1. The van der Waals surface area contributed by atoms with Gasteiger partial charge in [-0.2, -0.15) is 0 Å². The van der Waals surface area contributed by atoms with Crippen molar-refractivity contribution in [2.24, 2.45) is 0 Å². The molecule has 0 bridgehead atoms. The zero-order valence-electron chi connectivity index (χ0n) is 9.20. The Morgan fingerprint density at radius 2 is 2.47 bits per heavy atom. The number of hydrogen-bond donors (Lipinski definition) is 1. The lowest BCUT2D eigenvalue weighted by molar-refractivity contribution is -0.0284. The van der Waals surface area contributed by atoms with Gasteiger partial charge in [-0.15, -0.1) is 0 Å². The first kappa shape index (κ1) is 10.6. The van der Waals surface area contributed by atoms with Crippen LogP contribution in [0.25, 0.3) is 0 Å². The van der Waals surface area contributed by atoms with Crippen LogP contribution in [0, 0.1) is 0 Å². The van der Waals surface area contributed by atoms with E-state index in [4.69, 9.17) is 4.74 Å². The fourth-order valence-corrected chi connectivity index (χ4v) is 2.17. The molecule has 82 valence electrons. The van der Waals surface area contributed by atoms with Crippen molar-refractivity contribution in [3.63, 3.8) is 0 Å². The Morgan fingerprint density at radius 3 is 3.07 bits per heavy atom. The lowest BCUT2D eigenvalue weighted by Crippen LogP contribution is -2.48. The number of piperidine rings is 1. The molecule has 1 fully saturated rings. The lowest BCUT2D eigenvalue weighted by Gasteiger charge is -2.36. The van der Waals surface area contributed by atoms with Crippen LogP contribution in [0.3, 0.4) is 0 Å². The molecule has 1 N–H and O–H groups in total. The van der Waals surface area contributed by atoms with Crippen LogP contribution in [0.2, 0.25) is 0 Å². The highest BCUT2D eigenvalue weighted by Crippen LogP contribution is 2.24. The lowest BCUT2D eigenvalue weighted by atomic mass is 9.89. The largest absolute Gasteiger partial charge is 0.377 e. The quantitative estimate of drug-likeness (QED) is 0.811. The highest BCUT2D eigenvalue weighted by atomic mass is 16.5. The number of pyridine rings is 1. The average Bonchev–Trinajstić information content (AvgIpc) is 2.32. The van der Waals surface area contributed by atoms with Gasteiger partial charge < -0.3 is 10.1 Å². The number of hydrogen-bond acceptors (Lipinski definition) is 3. The molecule has 0 spiro atoms. The molecular weight excluding hydrogens is 188 g/mol. The van der Waals surface area contributed by atoms with Gasteiger partial charge in [0.05, 0.1) is 5.60 Å². The predicted octanol–water partition coefficient (Wildman–Crippen LogP) is 1.39. The standard InChI is InChI=1S/C12H18N2O/c1-15-12(6-4-7-13-10-12)9-11-5-2-3-8-14-11/h2-3,5,8,13H,4,6-7,9-10H2,1H3. The van der Waals surface area contributed by atoms with Gasteiger partial charge in [0.2, 0.25) is 0 Å². The molecule has 15 heavy (non-hydrogen) atoms. The van der Waals surface area contributed by atoms with E-state index >= 15 is 0 Å². The topological polar surface area (TPSA) is 34.1 Å². The summed E-state index contributed by atoms with van der Waals surface area (Å²) in [6.45, 7) is 2.04. The van der Waals surface area contributed by atoms with E-state index in [0.717, 1.165) is 31.6 Å². The van der Waals surface area contributed by atoms with Gasteiger partial charge >= 0.3 is 0 Å². The Balaban J connectivity index is 2.07. The van der Waals surface area contributed by atoms with E-state index in [0.29, 0.717) is 0 Å². The maximum Gasteiger partial charge on any atom is 0.0858 e. The second-order valence-corrected chi connectivity index (χ2v) is 4.17. The summed E-state index contributed by atoms with van der Waals surface area (Å²) in [6, 6.07) is 6.04. The van der Waals surface area contributed by atoms with Crippen LogP contribution in [-0.2, 0) is 11.2 Å². The van der Waals surface area contributed by atoms with Crippen LogP contribution < -0.4 is 5.32 Å². The molecule has 1 atom stereocenters. The molecular formula is C12H18N2O. The summed E-state index contributed by atoms with van der Waals surface area (Å²) in [6.07, 6.45) is 5.04. The SMILES string of the molecule is COC1(Cc2ccccn2)CCCNC1. The van der Waals surface area contributed by atoms with E-state index in [1.807, 2.05) is 18.3 Å². The molecule has 0 radical (unpaired) electrons. The molecule has 0 amide bonds. The average molecular weight is 206 g/mol. The van der Waals surface area contributed by atoms with Crippen LogP contribution in [0.1, 0.15) is 18.5 Å². The summed E-state index contributed by atoms with van der Waals surface area (Å²) in [5.41, 5.74) is 1.06. The van der Waals surface area contributed by atoms with Crippen molar-refractivity contribution in [3.8, 4) is 0 Å². The maximum atomic E-state index is 5.68. The van der Waals surface area contributed by atoms with E-state index in [2.05, 4.69) is 16.4 Å². The third kappa shape index (κ3) is 2.55. The summed E-state index contributed by atoms with van der Waals surface area (Å²) in [5, 5.41) is 3.39. The molecule has 0 aliphatic carbocycles. The molecule has 1 unspecified atom stereocenters. The molecule has 0 aromatic carbocycles. The maximum absolute atomic E-state index is 5.68. The molecule has 1 aliphatic heterocycles. The molecule has 1 saturated heterocycles. The first-order chi connectivity index (χ1) is 7.35. The summed E-state index contributed by atoms with van der Waals surface area (Å²) in [7, 11) is 1.80. The van der Waals surface area contributed by atoms with Gasteiger partial charge in [0.15, 0.2) is 0 Å². The van der Waals surface area contributed by atoms with Crippen LogP contribution in [0.4, 0.5) is 0 Å². The zero-order valence-corrected chi connectivity index (χ0v) is 9.20. The van der Waals surface area contributed by atoms with E-state index in [1.165, 1.54) is 6.42 Å². The van der Waals surface area contributed by atoms with Crippen molar-refractivity contribution < 1.29 is 4.74 Å². The van der Waals surface area contributed by atoms with Crippen LogP contribution in [0.15, 0.2) is 24.4 Å². The fraction of sp³-hybridized carbons (Fsp3) is 0.583. The Bertz CT molecular complexity index is 294. The molecule has 1 aliphatic rings. The number of rotatable bonds is 3. The summed E-state index contributed by atoms with van der Waals surface area (Å²) in [5.74, 6) is 0. The summed E-state index contributed by atoms with van der Waals surface area (Å²) < 4.78 is 5.68. The van der Waals surface area contributed by atoms with E-state index in [-0.39, 0.29) is 5.60 Å². The molecule has 1 aromatic rings. The Hall–Kier alpha value is -0.930. The second-order valence-electron chi connectivity index (χ2n) is 4.17. The summed E-state index contributed by atoms with van der Waals surface area (Å²) >= 11 is 0. The number of nitrogens with one attached hydrogen (secondary N) is 1. The third-order valence-corrected chi connectivity index (χ3v) is 3.10. The number of methoxy groups -OCH3 is 1. The molecule has 3 heteroatoms. The predicted molar refractivity (Wildman–Crippen MR) is 59.8 cm³/mol. The monoisotopic (exact) mass is 206 g/mol. The van der Waals surface area contributed by atoms with E-state index in [9.17, 15) is 0 Å². The van der Waals surface area contributed by atoms with Crippen LogP contribution in [-0.4, -0.2) is 30.8 Å². The van der Waals surface area contributed by atoms with Crippen molar-refractivity contribution in [1.82, 2.24) is 10.3 Å². The first-order valence-electron chi connectivity index (χ1n) is 5.50. The Kier molecular flexibility index (Phi) is 3.34. The van der Waals surface area contributed by atoms with E-state index in [1.54, 1.807) is 7.11 Å². The van der Waals surface area contributed by atoms with Gasteiger partial charge in [-0.05, 0) is 31.5 Å². The minimum Gasteiger partial charge on any atom is -0.377 e. The minimum atomic E-state index is -0.0490. The number of ether oxygens (including phenoxy) is 1. The van der Waals surface area contributed by atoms with Crippen molar-refractivity contribution in [3.05, 3.63) is 30.1 Å². The molecule has 2 heterocycles.